The Balaban J connectivity index is 3.00. The molecule has 0 atom stereocenters. The van der Waals surface area contributed by atoms with E-state index in [1.54, 1.807) is 31.4 Å². The average Bonchev–Trinajstić information content (AvgIpc) is 2.50. The molecule has 1 aromatic carbocycles. The summed E-state index contributed by atoms with van der Waals surface area (Å²) in [4.78, 5) is 26.5. The minimum atomic E-state index is -0.729. The summed E-state index contributed by atoms with van der Waals surface area (Å²) in [5, 5.41) is 0. The van der Waals surface area contributed by atoms with Crippen LogP contribution in [-0.2, 0) is 19.1 Å². The highest BCUT2D eigenvalue weighted by molar-refractivity contribution is 6.00. The van der Waals surface area contributed by atoms with Crippen LogP contribution in [0.25, 0.3) is 4.85 Å². The summed E-state index contributed by atoms with van der Waals surface area (Å²) in [5.41, 5.74) is 0.417. The van der Waals surface area contributed by atoms with Crippen LogP contribution < -0.4 is 4.74 Å². The fraction of sp³-hybridized carbons (Fsp3) is 0.214. The molecule has 0 N–H and O–H groups in total. The fourth-order valence-electron chi connectivity index (χ4n) is 1.21. The molecular weight excluding hydrogens is 262 g/mol. The first kappa shape index (κ1) is 15.2. The number of hydrogen-bond acceptors (Lipinski definition) is 5. The topological polar surface area (TPSA) is 66.2 Å². The van der Waals surface area contributed by atoms with Crippen LogP contribution in [0.5, 0.6) is 5.75 Å². The molecule has 1 rings (SSSR count). The van der Waals surface area contributed by atoms with Gasteiger partial charge in [-0.1, -0.05) is 0 Å². The van der Waals surface area contributed by atoms with E-state index in [4.69, 9.17) is 4.74 Å². The number of rotatable bonds is 3. The third kappa shape index (κ3) is 4.46. The van der Waals surface area contributed by atoms with Gasteiger partial charge in [0.05, 0.1) is 27.4 Å². The van der Waals surface area contributed by atoms with Crippen molar-refractivity contribution >= 4 is 17.6 Å². The minimum Gasteiger partial charge on any atom is -0.497 e. The lowest BCUT2D eigenvalue weighted by Gasteiger charge is -1.94. The highest BCUT2D eigenvalue weighted by Gasteiger charge is 2.16. The number of esters is 2. The summed E-state index contributed by atoms with van der Waals surface area (Å²) < 4.78 is 14.0. The molecule has 6 heteroatoms. The Kier molecular flexibility index (Phi) is 5.78. The molecule has 0 unspecified atom stereocenters. The molecule has 0 fully saturated rings. The minimum absolute atomic E-state index is 0.129. The summed E-state index contributed by atoms with van der Waals surface area (Å²) in [6.07, 6.45) is 0.957. The van der Waals surface area contributed by atoms with Gasteiger partial charge in [0.15, 0.2) is 5.57 Å². The van der Waals surface area contributed by atoms with Crippen LogP contribution in [0.3, 0.4) is 0 Å². The molecule has 0 amide bonds. The maximum absolute atomic E-state index is 11.4. The number of methoxy groups -OCH3 is 3. The first-order valence-electron chi connectivity index (χ1n) is 5.59. The number of benzene rings is 1. The normalized spacial score (nSPS) is 10.1. The zero-order valence-electron chi connectivity index (χ0n) is 11.4. The van der Waals surface area contributed by atoms with E-state index in [1.807, 2.05) is 0 Å². The molecular formula is C14H14NO5+. The molecule has 104 valence electrons. The summed E-state index contributed by atoms with van der Waals surface area (Å²) in [6.45, 7) is 0. The predicted molar refractivity (Wildman–Crippen MR) is 72.0 cm³/mol. The average molecular weight is 276 g/mol. The van der Waals surface area contributed by atoms with Gasteiger partial charge in [-0.05, 0) is 17.0 Å². The smallest absolute Gasteiger partial charge is 0.353 e. The molecule has 20 heavy (non-hydrogen) atoms. The van der Waals surface area contributed by atoms with Crippen LogP contribution in [-0.4, -0.2) is 33.3 Å². The Labute approximate surface area is 116 Å². The van der Waals surface area contributed by atoms with Gasteiger partial charge in [-0.15, -0.1) is 0 Å². The molecule has 0 bridgehead atoms. The molecule has 6 nitrogen and oxygen atoms in total. The molecule has 0 aliphatic rings. The highest BCUT2D eigenvalue weighted by Crippen LogP contribution is 2.17. The van der Waals surface area contributed by atoms with Gasteiger partial charge >= 0.3 is 23.7 Å². The molecule has 0 heterocycles. The molecule has 0 saturated heterocycles. The first-order valence-corrected chi connectivity index (χ1v) is 5.59. The van der Waals surface area contributed by atoms with E-state index in [-0.39, 0.29) is 5.57 Å². The monoisotopic (exact) mass is 276 g/mol. The number of carbonyl (C=O) groups excluding carboxylic acids is 2. The van der Waals surface area contributed by atoms with Gasteiger partial charge in [-0.3, -0.25) is 0 Å². The van der Waals surface area contributed by atoms with Gasteiger partial charge < -0.3 is 14.2 Å². The molecule has 0 radical (unpaired) electrons. The van der Waals surface area contributed by atoms with Gasteiger partial charge in [0.25, 0.3) is 0 Å². The van der Waals surface area contributed by atoms with Crippen molar-refractivity contribution in [3.05, 3.63) is 40.8 Å². The Morgan fingerprint density at radius 3 is 2.25 bits per heavy atom. The highest BCUT2D eigenvalue weighted by atomic mass is 16.5. The zero-order valence-corrected chi connectivity index (χ0v) is 11.4. The van der Waals surface area contributed by atoms with E-state index in [9.17, 15) is 9.59 Å². The van der Waals surface area contributed by atoms with Crippen molar-refractivity contribution in [2.45, 2.75) is 0 Å². The fourth-order valence-corrected chi connectivity index (χ4v) is 1.21. The zero-order chi connectivity index (χ0) is 15.0. The van der Waals surface area contributed by atoms with Gasteiger partial charge in [0.1, 0.15) is 5.75 Å². The number of hydrogen-bond donors (Lipinski definition) is 0. The van der Waals surface area contributed by atoms with Crippen LogP contribution in [0.4, 0.5) is 5.69 Å². The van der Waals surface area contributed by atoms with Crippen LogP contribution in [0.2, 0.25) is 0 Å². The van der Waals surface area contributed by atoms with Gasteiger partial charge in [0.2, 0.25) is 0 Å². The molecule has 0 saturated carbocycles. The number of nitrogens with zero attached hydrogens (tertiary/aromatic N) is 1. The first-order chi connectivity index (χ1) is 9.60. The van der Waals surface area contributed by atoms with Crippen LogP contribution in [0, 0.1) is 6.07 Å². The van der Waals surface area contributed by atoms with Gasteiger partial charge in [-0.2, -0.15) is 0 Å². The van der Waals surface area contributed by atoms with Crippen molar-refractivity contribution in [2.75, 3.05) is 21.3 Å². The quantitative estimate of drug-likeness (QED) is 0.479. The lowest BCUT2D eigenvalue weighted by Crippen LogP contribution is -2.06. The standard InChI is InChI=1S/C14H14NO5/c1-18-12-6-4-11(5-7-12)15-9-10(14(17)20-3)8-13(16)19-2/h4-8H,1-3H3/q+1/b10-8-. The van der Waals surface area contributed by atoms with E-state index in [2.05, 4.69) is 20.4 Å². The van der Waals surface area contributed by atoms with Gasteiger partial charge in [-0.25, -0.2) is 9.59 Å². The van der Waals surface area contributed by atoms with Crippen molar-refractivity contribution in [1.82, 2.24) is 0 Å². The molecule has 0 spiro atoms. The second kappa shape index (κ2) is 7.59. The number of ether oxygens (including phenoxy) is 3. The Morgan fingerprint density at radius 2 is 1.75 bits per heavy atom. The molecule has 0 aliphatic carbocycles. The van der Waals surface area contributed by atoms with Crippen LogP contribution in [0.15, 0.2) is 35.9 Å². The van der Waals surface area contributed by atoms with E-state index in [1.165, 1.54) is 14.2 Å². The van der Waals surface area contributed by atoms with E-state index < -0.39 is 11.9 Å². The van der Waals surface area contributed by atoms with Crippen molar-refractivity contribution in [1.29, 1.82) is 0 Å². The summed E-state index contributed by atoms with van der Waals surface area (Å²) in [6, 6.07) is 9.24. The summed E-state index contributed by atoms with van der Waals surface area (Å²) in [7, 11) is 3.95. The van der Waals surface area contributed by atoms with Crippen molar-refractivity contribution in [3.8, 4) is 11.8 Å². The van der Waals surface area contributed by atoms with Crippen LogP contribution >= 0.6 is 0 Å². The Bertz CT molecular complexity index is 578. The Hall–Kier alpha value is -2.81. The maximum atomic E-state index is 11.4. The maximum Gasteiger partial charge on any atom is 0.353 e. The molecule has 0 aliphatic heterocycles. The van der Waals surface area contributed by atoms with E-state index >= 15 is 0 Å². The predicted octanol–water partition coefficient (Wildman–Crippen LogP) is 1.93. The van der Waals surface area contributed by atoms with Crippen molar-refractivity contribution in [2.24, 2.45) is 0 Å². The second-order valence-electron chi connectivity index (χ2n) is 3.49. The third-order valence-corrected chi connectivity index (χ3v) is 2.25. The third-order valence-electron chi connectivity index (χ3n) is 2.25. The van der Waals surface area contributed by atoms with Crippen LogP contribution in [0.1, 0.15) is 0 Å². The van der Waals surface area contributed by atoms with E-state index in [0.29, 0.717) is 11.4 Å². The SMILES string of the molecule is COC(=O)/C=C(/C#[N+]c1ccc(OC)cc1)C(=O)OC. The second-order valence-corrected chi connectivity index (χ2v) is 3.49. The van der Waals surface area contributed by atoms with Gasteiger partial charge in [0, 0.05) is 12.1 Å². The lowest BCUT2D eigenvalue weighted by atomic mass is 10.2. The van der Waals surface area contributed by atoms with E-state index in [0.717, 1.165) is 6.08 Å². The molecule has 0 aromatic heterocycles. The largest absolute Gasteiger partial charge is 0.497 e. The molecule has 1 aromatic rings. The number of carbonyl (C=O) groups is 2. The summed E-state index contributed by atoms with van der Waals surface area (Å²) in [5.74, 6) is -0.738. The van der Waals surface area contributed by atoms with Crippen molar-refractivity contribution < 1.29 is 23.8 Å². The summed E-state index contributed by atoms with van der Waals surface area (Å²) >= 11 is 0. The Morgan fingerprint density at radius 1 is 1.10 bits per heavy atom. The van der Waals surface area contributed by atoms with Crippen molar-refractivity contribution in [3.63, 3.8) is 0 Å². The lowest BCUT2D eigenvalue weighted by molar-refractivity contribution is -0.138.